The molecule has 1 heterocycles. The third kappa shape index (κ3) is 6.49. The van der Waals surface area contributed by atoms with Crippen molar-refractivity contribution in [3.8, 4) is 5.75 Å². The van der Waals surface area contributed by atoms with Crippen molar-refractivity contribution in [1.82, 2.24) is 5.32 Å². The zero-order valence-corrected chi connectivity index (χ0v) is 18.0. The summed E-state index contributed by atoms with van der Waals surface area (Å²) in [6, 6.07) is 3.50. The Labute approximate surface area is 174 Å². The van der Waals surface area contributed by atoms with E-state index in [1.807, 2.05) is 0 Å². The van der Waals surface area contributed by atoms with Gasteiger partial charge in [-0.05, 0) is 52.2 Å². The Morgan fingerprint density at radius 2 is 1.93 bits per heavy atom. The van der Waals surface area contributed by atoms with Crippen LogP contribution in [0.3, 0.4) is 0 Å². The van der Waals surface area contributed by atoms with Crippen LogP contribution < -0.4 is 15.7 Å². The number of ether oxygens (including phenoxy) is 2. The maximum Gasteiger partial charge on any atom is 0.408 e. The molecule has 8 heteroatoms. The molecular weight excluding hydrogens is 398 g/mol. The van der Waals surface area contributed by atoms with Gasteiger partial charge in [-0.15, -0.1) is 0 Å². The molecule has 0 radical (unpaired) electrons. The number of aryl methyl sites for hydroxylation is 1. The number of hydrogen-bond donors (Lipinski definition) is 1. The maximum absolute atomic E-state index is 12.3. The van der Waals surface area contributed by atoms with Crippen LogP contribution in [0.5, 0.6) is 5.75 Å². The second-order valence-electron chi connectivity index (χ2n) is 7.76. The summed E-state index contributed by atoms with van der Waals surface area (Å²) < 4.78 is 15.7. The van der Waals surface area contributed by atoms with Gasteiger partial charge in [-0.1, -0.05) is 24.9 Å². The molecule has 1 aromatic carbocycles. The number of halogens is 1. The molecule has 0 spiro atoms. The predicted molar refractivity (Wildman–Crippen MR) is 111 cm³/mol. The Kier molecular flexibility index (Phi) is 7.30. The molecule has 2 rings (SSSR count). The molecular formula is C21H26ClNO6. The SMILES string of the molecule is CCCCc1cc(=O)oc2cc(OC(=O)[C@H](C)NC(=O)OC(C)(C)C)c(Cl)cc12. The summed E-state index contributed by atoms with van der Waals surface area (Å²) in [5.74, 6) is -0.695. The van der Waals surface area contributed by atoms with Crippen molar-refractivity contribution in [1.29, 1.82) is 0 Å². The van der Waals surface area contributed by atoms with Crippen molar-refractivity contribution in [3.05, 3.63) is 39.2 Å². The van der Waals surface area contributed by atoms with Gasteiger partial charge in [0.25, 0.3) is 0 Å². The molecule has 0 bridgehead atoms. The summed E-state index contributed by atoms with van der Waals surface area (Å²) in [7, 11) is 0. The second-order valence-corrected chi connectivity index (χ2v) is 8.17. The summed E-state index contributed by atoms with van der Waals surface area (Å²) in [4.78, 5) is 36.0. The maximum atomic E-state index is 12.3. The Bertz CT molecular complexity index is 960. The molecule has 158 valence electrons. The van der Waals surface area contributed by atoms with Crippen molar-refractivity contribution in [2.75, 3.05) is 0 Å². The van der Waals surface area contributed by atoms with Crippen molar-refractivity contribution in [2.45, 2.75) is 65.5 Å². The van der Waals surface area contributed by atoms with E-state index in [-0.39, 0.29) is 16.4 Å². The number of alkyl carbamates (subject to hydrolysis) is 1. The van der Waals surface area contributed by atoms with Crippen LogP contribution in [0.1, 0.15) is 53.0 Å². The van der Waals surface area contributed by atoms with Crippen LogP contribution in [0.2, 0.25) is 5.02 Å². The van der Waals surface area contributed by atoms with Gasteiger partial charge in [-0.3, -0.25) is 0 Å². The molecule has 1 amide bonds. The van der Waals surface area contributed by atoms with Crippen LogP contribution in [0, 0.1) is 0 Å². The number of amides is 1. The van der Waals surface area contributed by atoms with Crippen LogP contribution in [0.15, 0.2) is 27.4 Å². The molecule has 0 aliphatic rings. The van der Waals surface area contributed by atoms with Gasteiger partial charge >= 0.3 is 17.7 Å². The van der Waals surface area contributed by atoms with E-state index in [1.165, 1.54) is 19.1 Å². The minimum atomic E-state index is -0.973. The summed E-state index contributed by atoms with van der Waals surface area (Å²) in [6.07, 6.45) is 1.87. The lowest BCUT2D eigenvalue weighted by Crippen LogP contribution is -2.43. The summed E-state index contributed by atoms with van der Waals surface area (Å²) in [5, 5.41) is 3.30. The number of esters is 1. The highest BCUT2D eigenvalue weighted by atomic mass is 35.5. The molecule has 0 saturated carbocycles. The number of rotatable bonds is 6. The summed E-state index contributed by atoms with van der Waals surface area (Å²) in [6.45, 7) is 8.67. The van der Waals surface area contributed by atoms with Gasteiger partial charge in [0.05, 0.1) is 5.02 Å². The first kappa shape index (κ1) is 22.7. The normalized spacial score (nSPS) is 12.5. The van der Waals surface area contributed by atoms with E-state index in [0.29, 0.717) is 11.8 Å². The van der Waals surface area contributed by atoms with Gasteiger partial charge in [0.15, 0.2) is 5.75 Å². The Balaban J connectivity index is 2.21. The predicted octanol–water partition coefficient (Wildman–Crippen LogP) is 4.61. The Morgan fingerprint density at radius 3 is 2.55 bits per heavy atom. The third-order valence-corrected chi connectivity index (χ3v) is 4.28. The van der Waals surface area contributed by atoms with Crippen molar-refractivity contribution < 1.29 is 23.5 Å². The number of unbranched alkanes of at least 4 members (excludes halogenated alkanes) is 1. The lowest BCUT2D eigenvalue weighted by Gasteiger charge is -2.21. The molecule has 1 atom stereocenters. The van der Waals surface area contributed by atoms with Gasteiger partial charge in [-0.25, -0.2) is 14.4 Å². The van der Waals surface area contributed by atoms with Crippen molar-refractivity contribution in [2.24, 2.45) is 0 Å². The van der Waals surface area contributed by atoms with Gasteiger partial charge < -0.3 is 19.2 Å². The number of carbonyl (C=O) groups excluding carboxylic acids is 2. The summed E-state index contributed by atoms with van der Waals surface area (Å²) >= 11 is 6.28. The van der Waals surface area contributed by atoms with Crippen LogP contribution in [-0.4, -0.2) is 23.7 Å². The van der Waals surface area contributed by atoms with E-state index in [1.54, 1.807) is 26.8 Å². The molecule has 0 aliphatic heterocycles. The molecule has 1 N–H and O–H groups in total. The molecule has 7 nitrogen and oxygen atoms in total. The highest BCUT2D eigenvalue weighted by Crippen LogP contribution is 2.32. The fourth-order valence-corrected chi connectivity index (χ4v) is 2.82. The molecule has 0 aliphatic carbocycles. The van der Waals surface area contributed by atoms with Gasteiger partial charge in [0, 0.05) is 17.5 Å². The third-order valence-electron chi connectivity index (χ3n) is 3.98. The highest BCUT2D eigenvalue weighted by Gasteiger charge is 2.23. The average Bonchev–Trinajstić information content (AvgIpc) is 2.59. The topological polar surface area (TPSA) is 94.8 Å². The van der Waals surface area contributed by atoms with E-state index in [0.717, 1.165) is 18.4 Å². The van der Waals surface area contributed by atoms with E-state index in [9.17, 15) is 14.4 Å². The van der Waals surface area contributed by atoms with E-state index >= 15 is 0 Å². The average molecular weight is 424 g/mol. The number of fused-ring (bicyclic) bond motifs is 1. The minimum absolute atomic E-state index is 0.0396. The van der Waals surface area contributed by atoms with E-state index < -0.39 is 29.3 Å². The quantitative estimate of drug-likeness (QED) is 0.414. The number of nitrogens with one attached hydrogen (secondary N) is 1. The van der Waals surface area contributed by atoms with E-state index in [4.69, 9.17) is 25.5 Å². The standard InChI is InChI=1S/C21H26ClNO6/c1-6-7-8-13-9-18(24)27-16-11-17(15(22)10-14(13)16)28-19(25)12(2)23-20(26)29-21(3,4)5/h9-12H,6-8H2,1-5H3,(H,23,26)/t12-/m0/s1. The smallest absolute Gasteiger partial charge is 0.408 e. The first-order valence-corrected chi connectivity index (χ1v) is 9.85. The lowest BCUT2D eigenvalue weighted by atomic mass is 10.0. The van der Waals surface area contributed by atoms with E-state index in [2.05, 4.69) is 12.2 Å². The van der Waals surface area contributed by atoms with Gasteiger partial charge in [-0.2, -0.15) is 0 Å². The van der Waals surface area contributed by atoms with Gasteiger partial charge in [0.1, 0.15) is 17.2 Å². The zero-order valence-electron chi connectivity index (χ0n) is 17.3. The minimum Gasteiger partial charge on any atom is -0.444 e. The first-order valence-electron chi connectivity index (χ1n) is 9.47. The van der Waals surface area contributed by atoms with Crippen molar-refractivity contribution >= 4 is 34.6 Å². The Morgan fingerprint density at radius 1 is 1.24 bits per heavy atom. The Hall–Kier alpha value is -2.54. The van der Waals surface area contributed by atoms with Gasteiger partial charge in [0.2, 0.25) is 0 Å². The fourth-order valence-electron chi connectivity index (χ4n) is 2.62. The largest absolute Gasteiger partial charge is 0.444 e. The number of carbonyl (C=O) groups is 2. The molecule has 0 fully saturated rings. The lowest BCUT2D eigenvalue weighted by molar-refractivity contribution is -0.136. The van der Waals surface area contributed by atoms with Crippen LogP contribution in [0.25, 0.3) is 11.0 Å². The van der Waals surface area contributed by atoms with Crippen molar-refractivity contribution in [3.63, 3.8) is 0 Å². The highest BCUT2D eigenvalue weighted by molar-refractivity contribution is 6.33. The molecule has 0 saturated heterocycles. The molecule has 0 unspecified atom stereocenters. The monoisotopic (exact) mass is 423 g/mol. The molecule has 29 heavy (non-hydrogen) atoms. The fraction of sp³-hybridized carbons (Fsp3) is 0.476. The van der Waals surface area contributed by atoms with Crippen LogP contribution in [-0.2, 0) is 16.0 Å². The zero-order chi connectivity index (χ0) is 21.8. The number of benzene rings is 1. The molecule has 1 aromatic heterocycles. The first-order chi connectivity index (χ1) is 13.5. The second kappa shape index (κ2) is 9.31. The molecule has 2 aromatic rings. The summed E-state index contributed by atoms with van der Waals surface area (Å²) in [5.41, 5.74) is -0.0629. The number of hydrogen-bond acceptors (Lipinski definition) is 6. The van der Waals surface area contributed by atoms with Crippen LogP contribution in [0.4, 0.5) is 4.79 Å². The van der Waals surface area contributed by atoms with Crippen LogP contribution >= 0.6 is 11.6 Å².